The normalized spacial score (nSPS) is 15.9. The number of nitro groups is 1. The summed E-state index contributed by atoms with van der Waals surface area (Å²) in [6, 6.07) is 0. The van der Waals surface area contributed by atoms with Crippen LogP contribution in [-0.4, -0.2) is 55.3 Å². The molecular formula is C12H17N7O3S. The van der Waals surface area contributed by atoms with Gasteiger partial charge in [-0.25, -0.2) is 4.68 Å². The lowest BCUT2D eigenvalue weighted by Gasteiger charge is -2.26. The highest BCUT2D eigenvalue weighted by Gasteiger charge is 2.18. The van der Waals surface area contributed by atoms with Gasteiger partial charge in [0.1, 0.15) is 12.7 Å². The Bertz CT molecular complexity index is 759. The van der Waals surface area contributed by atoms with Crippen LogP contribution in [0.1, 0.15) is 11.7 Å². The third-order valence-corrected chi connectivity index (χ3v) is 3.94. The van der Waals surface area contributed by atoms with Crippen molar-refractivity contribution in [1.29, 1.82) is 0 Å². The van der Waals surface area contributed by atoms with Gasteiger partial charge in [-0.15, -0.1) is 5.10 Å². The number of aromatic nitrogens is 4. The number of aryl methyl sites for hydroxylation is 1. The predicted molar refractivity (Wildman–Crippen MR) is 82.5 cm³/mol. The van der Waals surface area contributed by atoms with Gasteiger partial charge in [0.2, 0.25) is 11.7 Å². The summed E-state index contributed by atoms with van der Waals surface area (Å²) in [4.78, 5) is 16.6. The highest BCUT2D eigenvalue weighted by atomic mass is 32.1. The van der Waals surface area contributed by atoms with Gasteiger partial charge in [-0.2, -0.15) is 0 Å². The summed E-state index contributed by atoms with van der Waals surface area (Å²) in [5.41, 5.74) is 0. The fraction of sp³-hybridized carbons (Fsp3) is 0.583. The van der Waals surface area contributed by atoms with Crippen molar-refractivity contribution in [3.63, 3.8) is 0 Å². The van der Waals surface area contributed by atoms with Crippen LogP contribution in [0.15, 0.2) is 10.6 Å². The van der Waals surface area contributed by atoms with Crippen LogP contribution in [0.4, 0.5) is 5.82 Å². The fourth-order valence-corrected chi connectivity index (χ4v) is 2.62. The van der Waals surface area contributed by atoms with Crippen molar-refractivity contribution in [2.45, 2.75) is 20.1 Å². The van der Waals surface area contributed by atoms with Crippen molar-refractivity contribution in [3.8, 4) is 0 Å². The van der Waals surface area contributed by atoms with Crippen LogP contribution in [0.25, 0.3) is 0 Å². The zero-order chi connectivity index (χ0) is 16.4. The Labute approximate surface area is 136 Å². The van der Waals surface area contributed by atoms with Gasteiger partial charge in [-0.3, -0.25) is 9.47 Å². The largest absolute Gasteiger partial charge is 0.412 e. The van der Waals surface area contributed by atoms with Gasteiger partial charge in [0.15, 0.2) is 0 Å². The van der Waals surface area contributed by atoms with Crippen LogP contribution >= 0.6 is 12.2 Å². The second-order valence-electron chi connectivity index (χ2n) is 5.30. The molecule has 11 heteroatoms. The van der Waals surface area contributed by atoms with Gasteiger partial charge in [0.05, 0.1) is 6.67 Å². The summed E-state index contributed by atoms with van der Waals surface area (Å²) in [5, 5.41) is 18.4. The number of nitrogens with one attached hydrogen (secondary N) is 1. The maximum atomic E-state index is 10.8. The fourth-order valence-electron chi connectivity index (χ4n) is 2.43. The Morgan fingerprint density at radius 2 is 2.22 bits per heavy atom. The average Bonchev–Trinajstić information content (AvgIpc) is 3.04. The molecule has 1 fully saturated rings. The van der Waals surface area contributed by atoms with Crippen LogP contribution in [0, 0.1) is 21.9 Å². The molecule has 3 heterocycles. The minimum absolute atomic E-state index is 0.193. The van der Waals surface area contributed by atoms with Crippen molar-refractivity contribution in [1.82, 2.24) is 29.5 Å². The van der Waals surface area contributed by atoms with E-state index in [1.54, 1.807) is 16.2 Å². The molecule has 124 valence electrons. The number of imidazole rings is 1. The monoisotopic (exact) mass is 339 g/mol. The third-order valence-electron chi connectivity index (χ3n) is 3.65. The first-order chi connectivity index (χ1) is 11.0. The molecule has 0 atom stereocenters. The van der Waals surface area contributed by atoms with E-state index < -0.39 is 4.92 Å². The summed E-state index contributed by atoms with van der Waals surface area (Å²) < 4.78 is 8.75. The van der Waals surface area contributed by atoms with E-state index >= 15 is 0 Å². The van der Waals surface area contributed by atoms with Gasteiger partial charge in [-0.05, 0) is 22.1 Å². The molecule has 0 radical (unpaired) electrons. The molecule has 0 amide bonds. The van der Waals surface area contributed by atoms with Crippen LogP contribution in [-0.2, 0) is 13.2 Å². The van der Waals surface area contributed by atoms with E-state index in [0.717, 1.165) is 26.2 Å². The number of hydrogen-bond acceptors (Lipinski definition) is 8. The van der Waals surface area contributed by atoms with Gasteiger partial charge >= 0.3 is 5.82 Å². The van der Waals surface area contributed by atoms with Crippen LogP contribution in [0.5, 0.6) is 0 Å². The number of nitrogens with zero attached hydrogens (tertiary/aromatic N) is 6. The first-order valence-corrected chi connectivity index (χ1v) is 7.62. The molecule has 1 aliphatic heterocycles. The van der Waals surface area contributed by atoms with Crippen molar-refractivity contribution >= 4 is 18.0 Å². The van der Waals surface area contributed by atoms with Crippen LogP contribution < -0.4 is 5.32 Å². The lowest BCUT2D eigenvalue weighted by Crippen LogP contribution is -2.44. The lowest BCUT2D eigenvalue weighted by atomic mass is 10.4. The van der Waals surface area contributed by atoms with Gasteiger partial charge in [0, 0.05) is 33.1 Å². The molecule has 1 aliphatic rings. The zero-order valence-corrected chi connectivity index (χ0v) is 13.5. The molecular weight excluding hydrogens is 322 g/mol. The second kappa shape index (κ2) is 6.56. The zero-order valence-electron chi connectivity index (χ0n) is 12.6. The minimum Gasteiger partial charge on any atom is -0.412 e. The molecule has 2 aromatic heterocycles. The van der Waals surface area contributed by atoms with Crippen LogP contribution in [0.2, 0.25) is 0 Å². The highest BCUT2D eigenvalue weighted by Crippen LogP contribution is 2.12. The second-order valence-corrected chi connectivity index (χ2v) is 5.65. The van der Waals surface area contributed by atoms with E-state index in [1.807, 2.05) is 0 Å². The van der Waals surface area contributed by atoms with E-state index in [-0.39, 0.29) is 12.4 Å². The predicted octanol–water partition coefficient (Wildman–Crippen LogP) is 0.530. The summed E-state index contributed by atoms with van der Waals surface area (Å²) >= 11 is 5.20. The molecule has 2 aromatic rings. The Balaban J connectivity index is 1.73. The SMILES string of the molecule is Cc1nc([N+](=O)[O-])cn1Cc1nn(CN2CCNCC2)c(=S)o1. The van der Waals surface area contributed by atoms with Crippen molar-refractivity contribution in [2.24, 2.45) is 0 Å². The molecule has 1 N–H and O–H groups in total. The van der Waals surface area contributed by atoms with E-state index in [2.05, 4.69) is 20.3 Å². The van der Waals surface area contributed by atoms with E-state index in [0.29, 0.717) is 23.2 Å². The molecule has 0 aliphatic carbocycles. The van der Waals surface area contributed by atoms with Gasteiger partial charge < -0.3 is 19.8 Å². The van der Waals surface area contributed by atoms with Crippen molar-refractivity contribution < 1.29 is 9.34 Å². The summed E-state index contributed by atoms with van der Waals surface area (Å²) in [5.74, 6) is 0.733. The topological polar surface area (TPSA) is 107 Å². The first-order valence-electron chi connectivity index (χ1n) is 7.21. The highest BCUT2D eigenvalue weighted by molar-refractivity contribution is 7.71. The molecule has 0 unspecified atom stereocenters. The number of piperazine rings is 1. The molecule has 10 nitrogen and oxygen atoms in total. The smallest absolute Gasteiger partial charge is 0.381 e. The van der Waals surface area contributed by atoms with Gasteiger partial charge in [-0.1, -0.05) is 0 Å². The Morgan fingerprint density at radius 1 is 1.48 bits per heavy atom. The molecule has 0 bridgehead atoms. The molecule has 23 heavy (non-hydrogen) atoms. The lowest BCUT2D eigenvalue weighted by molar-refractivity contribution is -0.389. The Hall–Kier alpha value is -2.11. The molecule has 0 spiro atoms. The van der Waals surface area contributed by atoms with E-state index in [4.69, 9.17) is 16.6 Å². The molecule has 3 rings (SSSR count). The minimum atomic E-state index is -0.526. The third kappa shape index (κ3) is 3.63. The summed E-state index contributed by atoms with van der Waals surface area (Å²) in [6.45, 7) is 6.26. The summed E-state index contributed by atoms with van der Waals surface area (Å²) in [6.07, 6.45) is 1.36. The standard InChI is InChI=1S/C12H17N7O3S/c1-9-14-10(19(20)21)6-17(9)7-11-15-18(12(23)22-11)8-16-4-2-13-3-5-16/h6,13H,2-5,7-8H2,1H3. The number of rotatable bonds is 5. The maximum absolute atomic E-state index is 10.8. The van der Waals surface area contributed by atoms with Crippen molar-refractivity contribution in [3.05, 3.63) is 32.9 Å². The van der Waals surface area contributed by atoms with Crippen molar-refractivity contribution in [2.75, 3.05) is 26.2 Å². The number of hydrogen-bond donors (Lipinski definition) is 1. The summed E-state index contributed by atoms with van der Waals surface area (Å²) in [7, 11) is 0. The molecule has 1 saturated heterocycles. The van der Waals surface area contributed by atoms with E-state index in [1.165, 1.54) is 6.20 Å². The molecule has 0 saturated carbocycles. The first kappa shape index (κ1) is 15.8. The average molecular weight is 339 g/mol. The van der Waals surface area contributed by atoms with Crippen LogP contribution in [0.3, 0.4) is 0 Å². The Kier molecular flexibility index (Phi) is 4.50. The Morgan fingerprint density at radius 3 is 2.87 bits per heavy atom. The van der Waals surface area contributed by atoms with Gasteiger partial charge in [0.25, 0.3) is 4.84 Å². The maximum Gasteiger partial charge on any atom is 0.381 e. The molecule has 0 aromatic carbocycles. The quantitative estimate of drug-likeness (QED) is 0.477. The van der Waals surface area contributed by atoms with E-state index in [9.17, 15) is 10.1 Å².